The molecule has 0 aromatic heterocycles. The number of carboxylic acid groups (broad SMARTS) is 1. The van der Waals surface area contributed by atoms with Crippen LogP contribution in [0, 0.1) is 25.5 Å². The summed E-state index contributed by atoms with van der Waals surface area (Å²) in [6, 6.07) is 14.2. The Kier molecular flexibility index (Phi) is 7.71. The van der Waals surface area contributed by atoms with Crippen LogP contribution in [0.25, 0.3) is 0 Å². The first-order chi connectivity index (χ1) is 15.3. The minimum Gasteiger partial charge on any atom is -0.489 e. The van der Waals surface area contributed by atoms with Crippen molar-refractivity contribution in [1.29, 1.82) is 0 Å². The highest BCUT2D eigenvalue weighted by Crippen LogP contribution is 2.19. The smallest absolute Gasteiger partial charge is 0.336 e. The zero-order chi connectivity index (χ0) is 23.3. The molecule has 3 aromatic carbocycles. The molecule has 0 bridgehead atoms. The molecule has 2 N–H and O–H groups in total. The Morgan fingerprint density at radius 2 is 1.81 bits per heavy atom. The second-order valence-corrected chi connectivity index (χ2v) is 8.57. The largest absolute Gasteiger partial charge is 0.489 e. The molecule has 0 amide bonds. The van der Waals surface area contributed by atoms with Crippen LogP contribution in [0.15, 0.2) is 59.5 Å². The molecule has 0 heterocycles. The van der Waals surface area contributed by atoms with Crippen molar-refractivity contribution in [3.05, 3.63) is 94.0 Å². The Bertz CT molecular complexity index is 1150. The molecule has 0 fully saturated rings. The zero-order valence-electron chi connectivity index (χ0n) is 17.7. The van der Waals surface area contributed by atoms with Gasteiger partial charge < -0.3 is 9.84 Å². The van der Waals surface area contributed by atoms with E-state index in [9.17, 15) is 22.9 Å². The van der Waals surface area contributed by atoms with E-state index in [0.717, 1.165) is 17.2 Å². The molecule has 0 aliphatic heterocycles. The van der Waals surface area contributed by atoms with E-state index in [1.165, 1.54) is 18.2 Å². The molecule has 168 valence electrons. The number of aromatic carboxylic acids is 1. The molecule has 0 spiro atoms. The first-order valence-corrected chi connectivity index (χ1v) is 11.1. The van der Waals surface area contributed by atoms with Crippen molar-refractivity contribution in [3.8, 4) is 5.75 Å². The monoisotopic (exact) mass is 459 g/mol. The van der Waals surface area contributed by atoms with E-state index in [0.29, 0.717) is 29.2 Å². The number of hydrogen-bond acceptors (Lipinski definition) is 3. The van der Waals surface area contributed by atoms with Crippen LogP contribution < -0.4 is 9.46 Å². The van der Waals surface area contributed by atoms with Gasteiger partial charge in [-0.3, -0.25) is 0 Å². The molecule has 0 aliphatic rings. The third kappa shape index (κ3) is 5.77. The summed E-state index contributed by atoms with van der Waals surface area (Å²) in [6.07, 6.45) is 0.584. The van der Waals surface area contributed by atoms with E-state index in [2.05, 4.69) is 4.72 Å². The molecule has 3 rings (SSSR count). The van der Waals surface area contributed by atoms with Gasteiger partial charge in [0.15, 0.2) is 11.6 Å². The number of hydrogen-bond donors (Lipinski definition) is 2. The van der Waals surface area contributed by atoms with Crippen LogP contribution in [0.2, 0.25) is 0 Å². The fraction of sp³-hybridized carbons (Fsp3) is 0.208. The second-order valence-electron chi connectivity index (χ2n) is 7.28. The highest BCUT2D eigenvalue weighted by atomic mass is 32.2. The molecule has 1 unspecified atom stereocenters. The van der Waals surface area contributed by atoms with E-state index in [-0.39, 0.29) is 17.7 Å². The number of aryl methyl sites for hydroxylation is 1. The van der Waals surface area contributed by atoms with Crippen LogP contribution in [0.5, 0.6) is 5.75 Å². The Labute approximate surface area is 187 Å². The Hall–Kier alpha value is -3.10. The third-order valence-electron chi connectivity index (χ3n) is 5.08. The number of halogens is 2. The van der Waals surface area contributed by atoms with Gasteiger partial charge in [0.2, 0.25) is 0 Å². The van der Waals surface area contributed by atoms with Gasteiger partial charge in [0.1, 0.15) is 23.3 Å². The topological polar surface area (TPSA) is 75.6 Å². The Balaban J connectivity index is 1.53. The number of ether oxygens (including phenoxy) is 1. The number of nitrogens with one attached hydrogen (secondary N) is 1. The minimum absolute atomic E-state index is 0.0855. The maximum absolute atomic E-state index is 13.7. The Morgan fingerprint density at radius 1 is 1.09 bits per heavy atom. The summed E-state index contributed by atoms with van der Waals surface area (Å²) in [6.45, 7) is 3.84. The number of benzene rings is 3. The molecule has 0 saturated carbocycles. The minimum atomic E-state index is -1.54. The highest BCUT2D eigenvalue weighted by Gasteiger charge is 2.14. The zero-order valence-corrected chi connectivity index (χ0v) is 18.5. The molecule has 32 heavy (non-hydrogen) atoms. The van der Waals surface area contributed by atoms with Crippen molar-refractivity contribution in [2.24, 2.45) is 0 Å². The molecule has 3 aromatic rings. The van der Waals surface area contributed by atoms with Crippen LogP contribution in [-0.2, 0) is 24.0 Å². The van der Waals surface area contributed by atoms with Crippen molar-refractivity contribution in [1.82, 2.24) is 4.72 Å². The average molecular weight is 460 g/mol. The fourth-order valence-electron chi connectivity index (χ4n) is 3.10. The molecule has 5 nitrogen and oxygen atoms in total. The van der Waals surface area contributed by atoms with E-state index < -0.39 is 28.6 Å². The highest BCUT2D eigenvalue weighted by molar-refractivity contribution is 7.83. The molecule has 0 radical (unpaired) electrons. The van der Waals surface area contributed by atoms with Crippen molar-refractivity contribution in [2.75, 3.05) is 6.54 Å². The van der Waals surface area contributed by atoms with E-state index in [1.54, 1.807) is 32.0 Å². The molecular formula is C24H23F2NO4S. The summed E-state index contributed by atoms with van der Waals surface area (Å²) >= 11 is 0. The second kappa shape index (κ2) is 10.5. The van der Waals surface area contributed by atoms with Gasteiger partial charge in [0.25, 0.3) is 0 Å². The standard InChI is InChI=1S/C24H23F2NO4S/c1-15-12-20(13-21(16(15)2)24(28)29)32(30)27-11-10-17-6-8-19(9-7-17)31-14-18-4-3-5-22(25)23(18)26/h3-9,12-13,27H,10-11,14H2,1-2H3,(H,28,29). The SMILES string of the molecule is Cc1cc(S(=O)NCCc2ccc(OCc3cccc(F)c3F)cc2)cc(C(=O)O)c1C. The lowest BCUT2D eigenvalue weighted by Gasteiger charge is -2.11. The summed E-state index contributed by atoms with van der Waals surface area (Å²) in [5.41, 5.74) is 2.66. The van der Waals surface area contributed by atoms with E-state index in [4.69, 9.17) is 4.74 Å². The van der Waals surface area contributed by atoms with Crippen LogP contribution >= 0.6 is 0 Å². The summed E-state index contributed by atoms with van der Waals surface area (Å²) in [4.78, 5) is 11.8. The fourth-order valence-corrected chi connectivity index (χ4v) is 4.06. The van der Waals surface area contributed by atoms with E-state index in [1.807, 2.05) is 12.1 Å². The first-order valence-electron chi connectivity index (χ1n) is 9.90. The molecule has 0 saturated heterocycles. The van der Waals surface area contributed by atoms with Gasteiger partial charge in [-0.25, -0.2) is 22.5 Å². The molecular weight excluding hydrogens is 436 g/mol. The van der Waals surface area contributed by atoms with Gasteiger partial charge >= 0.3 is 5.97 Å². The van der Waals surface area contributed by atoms with Gasteiger partial charge in [-0.1, -0.05) is 24.3 Å². The van der Waals surface area contributed by atoms with Gasteiger partial charge in [-0.05, 0) is 67.3 Å². The molecule has 8 heteroatoms. The number of carbonyl (C=O) groups is 1. The lowest BCUT2D eigenvalue weighted by atomic mass is 10.0. The normalized spacial score (nSPS) is 11.9. The summed E-state index contributed by atoms with van der Waals surface area (Å²) < 4.78 is 47.9. The third-order valence-corrected chi connectivity index (χ3v) is 6.21. The van der Waals surface area contributed by atoms with Crippen molar-refractivity contribution in [2.45, 2.75) is 31.8 Å². The van der Waals surface area contributed by atoms with Gasteiger partial charge in [-0.2, -0.15) is 0 Å². The first kappa shape index (κ1) is 23.6. The van der Waals surface area contributed by atoms with E-state index >= 15 is 0 Å². The number of carboxylic acids is 1. The number of rotatable bonds is 9. The average Bonchev–Trinajstić information content (AvgIpc) is 2.77. The van der Waals surface area contributed by atoms with Crippen LogP contribution in [0.4, 0.5) is 8.78 Å². The lowest BCUT2D eigenvalue weighted by Crippen LogP contribution is -2.21. The quantitative estimate of drug-likeness (QED) is 0.486. The van der Waals surface area contributed by atoms with Crippen molar-refractivity contribution < 1.29 is 27.6 Å². The maximum Gasteiger partial charge on any atom is 0.336 e. The van der Waals surface area contributed by atoms with Crippen molar-refractivity contribution in [3.63, 3.8) is 0 Å². The molecule has 0 aliphatic carbocycles. The summed E-state index contributed by atoms with van der Waals surface area (Å²) in [7, 11) is -1.54. The molecule has 1 atom stereocenters. The van der Waals surface area contributed by atoms with Crippen LogP contribution in [0.3, 0.4) is 0 Å². The summed E-state index contributed by atoms with van der Waals surface area (Å²) in [5.74, 6) is -2.36. The van der Waals surface area contributed by atoms with Crippen LogP contribution in [-0.4, -0.2) is 21.8 Å². The van der Waals surface area contributed by atoms with Gasteiger partial charge in [0.05, 0.1) is 10.5 Å². The Morgan fingerprint density at radius 3 is 2.50 bits per heavy atom. The predicted octanol–water partition coefficient (Wildman–Crippen LogP) is 4.71. The van der Waals surface area contributed by atoms with Crippen molar-refractivity contribution >= 4 is 17.0 Å². The summed E-state index contributed by atoms with van der Waals surface area (Å²) in [5, 5.41) is 9.31. The van der Waals surface area contributed by atoms with Gasteiger partial charge in [-0.15, -0.1) is 0 Å². The predicted molar refractivity (Wildman–Crippen MR) is 118 cm³/mol. The maximum atomic E-state index is 13.7. The van der Waals surface area contributed by atoms with Crippen LogP contribution in [0.1, 0.15) is 32.6 Å². The van der Waals surface area contributed by atoms with Gasteiger partial charge in [0, 0.05) is 12.1 Å². The lowest BCUT2D eigenvalue weighted by molar-refractivity contribution is 0.0695.